The molecule has 0 aliphatic heterocycles. The van der Waals surface area contributed by atoms with Crippen LogP contribution in [0.25, 0.3) is 10.9 Å². The van der Waals surface area contributed by atoms with Crippen LogP contribution in [0.15, 0.2) is 94.5 Å². The molecule has 156 valence electrons. The Hall–Kier alpha value is -3.93. The first kappa shape index (κ1) is 20.3. The molecular weight excluding hydrogens is 390 g/mol. The van der Waals surface area contributed by atoms with Crippen molar-refractivity contribution in [2.75, 3.05) is 0 Å². The highest BCUT2D eigenvalue weighted by molar-refractivity contribution is 5.79. The van der Waals surface area contributed by atoms with Gasteiger partial charge in [-0.15, -0.1) is 0 Å². The van der Waals surface area contributed by atoms with Crippen molar-refractivity contribution in [1.82, 2.24) is 14.9 Å². The maximum Gasteiger partial charge on any atom is 0.329 e. The maximum absolute atomic E-state index is 12.8. The van der Waals surface area contributed by atoms with E-state index >= 15 is 0 Å². The standard InChI is InChI=1S/C25H23N3O3/c29-23(17-28-24(30)20-13-7-8-14-22(20)27-25(28)31)26-21(19-11-5-2-6-12-19)16-15-18-9-3-1-4-10-18/h1-14,21H,15-17H2,(H,26,29)(H,27,31). The molecule has 6 nitrogen and oxygen atoms in total. The number of rotatable bonds is 7. The average Bonchev–Trinajstić information content (AvgIpc) is 2.80. The Bertz CT molecular complexity index is 1290. The summed E-state index contributed by atoms with van der Waals surface area (Å²) in [4.78, 5) is 40.6. The van der Waals surface area contributed by atoms with E-state index in [9.17, 15) is 14.4 Å². The van der Waals surface area contributed by atoms with Gasteiger partial charge in [-0.05, 0) is 36.1 Å². The number of fused-ring (bicyclic) bond motifs is 1. The summed E-state index contributed by atoms with van der Waals surface area (Å²) in [6.07, 6.45) is 1.49. The highest BCUT2D eigenvalue weighted by atomic mass is 16.2. The van der Waals surface area contributed by atoms with Crippen LogP contribution in [-0.4, -0.2) is 15.5 Å². The SMILES string of the molecule is O=C(Cn1c(=O)[nH]c2ccccc2c1=O)NC(CCc1ccccc1)c1ccccc1. The number of hydrogen-bond donors (Lipinski definition) is 2. The second kappa shape index (κ2) is 9.26. The lowest BCUT2D eigenvalue weighted by Crippen LogP contribution is -2.41. The maximum atomic E-state index is 12.8. The largest absolute Gasteiger partial charge is 0.348 e. The van der Waals surface area contributed by atoms with Gasteiger partial charge in [0.15, 0.2) is 0 Å². The molecule has 3 aromatic carbocycles. The van der Waals surface area contributed by atoms with Gasteiger partial charge in [0.2, 0.25) is 5.91 Å². The van der Waals surface area contributed by atoms with Crippen molar-refractivity contribution in [2.24, 2.45) is 0 Å². The van der Waals surface area contributed by atoms with Crippen LogP contribution in [0.3, 0.4) is 0 Å². The molecule has 4 aromatic rings. The van der Waals surface area contributed by atoms with E-state index in [1.807, 2.05) is 48.5 Å². The zero-order valence-electron chi connectivity index (χ0n) is 17.0. The van der Waals surface area contributed by atoms with Crippen molar-refractivity contribution >= 4 is 16.8 Å². The van der Waals surface area contributed by atoms with Gasteiger partial charge in [0.25, 0.3) is 5.56 Å². The number of nitrogens with one attached hydrogen (secondary N) is 2. The molecule has 1 amide bonds. The van der Waals surface area contributed by atoms with Gasteiger partial charge in [0.1, 0.15) is 6.54 Å². The Morgan fingerprint density at radius 3 is 2.26 bits per heavy atom. The van der Waals surface area contributed by atoms with Crippen molar-refractivity contribution in [1.29, 1.82) is 0 Å². The first-order valence-electron chi connectivity index (χ1n) is 10.2. The van der Waals surface area contributed by atoms with Crippen LogP contribution in [0.1, 0.15) is 23.6 Å². The predicted octanol–water partition coefficient (Wildman–Crippen LogP) is 3.18. The molecule has 1 heterocycles. The van der Waals surface area contributed by atoms with Gasteiger partial charge in [-0.1, -0.05) is 72.8 Å². The quantitative estimate of drug-likeness (QED) is 0.488. The minimum absolute atomic E-state index is 0.232. The average molecular weight is 413 g/mol. The number of aromatic nitrogens is 2. The molecule has 0 bridgehead atoms. The molecule has 0 aliphatic carbocycles. The predicted molar refractivity (Wildman–Crippen MR) is 121 cm³/mol. The number of hydrogen-bond acceptors (Lipinski definition) is 3. The summed E-state index contributed by atoms with van der Waals surface area (Å²) >= 11 is 0. The number of benzene rings is 3. The summed E-state index contributed by atoms with van der Waals surface area (Å²) in [5.74, 6) is -0.384. The Kier molecular flexibility index (Phi) is 6.08. The summed E-state index contributed by atoms with van der Waals surface area (Å²) in [7, 11) is 0. The van der Waals surface area contributed by atoms with Crippen molar-refractivity contribution in [3.63, 3.8) is 0 Å². The topological polar surface area (TPSA) is 84.0 Å². The van der Waals surface area contributed by atoms with Crippen LogP contribution in [0, 0.1) is 0 Å². The Labute approximate surface area is 179 Å². The van der Waals surface area contributed by atoms with E-state index in [-0.39, 0.29) is 18.5 Å². The van der Waals surface area contributed by atoms with Crippen LogP contribution < -0.4 is 16.6 Å². The first-order valence-corrected chi connectivity index (χ1v) is 10.2. The lowest BCUT2D eigenvalue weighted by Gasteiger charge is -2.20. The minimum atomic E-state index is -0.598. The first-order chi connectivity index (χ1) is 15.1. The fourth-order valence-corrected chi connectivity index (χ4v) is 3.69. The summed E-state index contributed by atoms with van der Waals surface area (Å²) in [6.45, 7) is -0.340. The minimum Gasteiger partial charge on any atom is -0.348 e. The Balaban J connectivity index is 1.54. The molecule has 1 aromatic heterocycles. The van der Waals surface area contributed by atoms with Crippen molar-refractivity contribution in [2.45, 2.75) is 25.4 Å². The van der Waals surface area contributed by atoms with Crippen molar-refractivity contribution in [3.05, 3.63) is 117 Å². The number of H-pyrrole nitrogens is 1. The molecule has 0 saturated heterocycles. The molecule has 6 heteroatoms. The van der Waals surface area contributed by atoms with Gasteiger partial charge in [0, 0.05) is 0 Å². The van der Waals surface area contributed by atoms with Gasteiger partial charge in [-0.3, -0.25) is 14.2 Å². The van der Waals surface area contributed by atoms with Crippen LogP contribution >= 0.6 is 0 Å². The third-order valence-electron chi connectivity index (χ3n) is 5.29. The number of para-hydroxylation sites is 1. The molecule has 0 saturated carbocycles. The van der Waals surface area contributed by atoms with E-state index < -0.39 is 11.2 Å². The highest BCUT2D eigenvalue weighted by Gasteiger charge is 2.17. The Morgan fingerprint density at radius 1 is 0.871 bits per heavy atom. The second-order valence-corrected chi connectivity index (χ2v) is 7.42. The molecule has 0 spiro atoms. The van der Waals surface area contributed by atoms with Gasteiger partial charge in [-0.25, -0.2) is 4.79 Å². The number of aromatic amines is 1. The number of amides is 1. The zero-order chi connectivity index (χ0) is 21.6. The van der Waals surface area contributed by atoms with E-state index in [1.54, 1.807) is 24.3 Å². The highest BCUT2D eigenvalue weighted by Crippen LogP contribution is 2.19. The summed E-state index contributed by atoms with van der Waals surface area (Å²) in [6, 6.07) is 26.3. The number of carbonyl (C=O) groups excluding carboxylic acids is 1. The van der Waals surface area contributed by atoms with Crippen molar-refractivity contribution < 1.29 is 4.79 Å². The molecule has 4 rings (SSSR count). The van der Waals surface area contributed by atoms with E-state index in [4.69, 9.17) is 0 Å². The number of nitrogens with zero attached hydrogens (tertiary/aromatic N) is 1. The molecule has 31 heavy (non-hydrogen) atoms. The lowest BCUT2D eigenvalue weighted by atomic mass is 9.99. The normalized spacial score (nSPS) is 11.9. The zero-order valence-corrected chi connectivity index (χ0v) is 17.0. The van der Waals surface area contributed by atoms with E-state index in [0.717, 1.165) is 16.6 Å². The molecular formula is C25H23N3O3. The monoisotopic (exact) mass is 413 g/mol. The second-order valence-electron chi connectivity index (χ2n) is 7.42. The number of aryl methyl sites for hydroxylation is 1. The summed E-state index contributed by atoms with van der Waals surface area (Å²) < 4.78 is 0.941. The molecule has 0 fully saturated rings. The third kappa shape index (κ3) is 4.80. The smallest absolute Gasteiger partial charge is 0.329 e. The van der Waals surface area contributed by atoms with Gasteiger partial charge in [-0.2, -0.15) is 0 Å². The number of carbonyl (C=O) groups is 1. The molecule has 2 N–H and O–H groups in total. The van der Waals surface area contributed by atoms with Gasteiger partial charge in [0.05, 0.1) is 16.9 Å². The molecule has 1 atom stereocenters. The third-order valence-corrected chi connectivity index (χ3v) is 5.29. The van der Waals surface area contributed by atoms with E-state index in [0.29, 0.717) is 17.3 Å². The lowest BCUT2D eigenvalue weighted by molar-refractivity contribution is -0.122. The summed E-state index contributed by atoms with van der Waals surface area (Å²) in [5, 5.41) is 3.38. The van der Waals surface area contributed by atoms with Gasteiger partial charge < -0.3 is 10.3 Å². The fourth-order valence-electron chi connectivity index (χ4n) is 3.69. The molecule has 0 aliphatic rings. The Morgan fingerprint density at radius 2 is 1.52 bits per heavy atom. The van der Waals surface area contributed by atoms with Gasteiger partial charge >= 0.3 is 5.69 Å². The van der Waals surface area contributed by atoms with Crippen LogP contribution in [0.4, 0.5) is 0 Å². The van der Waals surface area contributed by atoms with Crippen molar-refractivity contribution in [3.8, 4) is 0 Å². The van der Waals surface area contributed by atoms with E-state index in [2.05, 4.69) is 22.4 Å². The van der Waals surface area contributed by atoms with E-state index in [1.165, 1.54) is 5.56 Å². The molecule has 1 unspecified atom stereocenters. The summed E-state index contributed by atoms with van der Waals surface area (Å²) in [5.41, 5.74) is 1.54. The van der Waals surface area contributed by atoms with Crippen LogP contribution in [0.5, 0.6) is 0 Å². The van der Waals surface area contributed by atoms with Crippen LogP contribution in [0.2, 0.25) is 0 Å². The molecule has 0 radical (unpaired) electrons. The van der Waals surface area contributed by atoms with Crippen LogP contribution in [-0.2, 0) is 17.8 Å². The fraction of sp³-hybridized carbons (Fsp3) is 0.160.